The fourth-order valence-corrected chi connectivity index (χ4v) is 3.35. The van der Waals surface area contributed by atoms with Gasteiger partial charge in [-0.05, 0) is 43.2 Å². The smallest absolute Gasteiger partial charge is 0.335 e. The summed E-state index contributed by atoms with van der Waals surface area (Å²) in [7, 11) is 1.60. The van der Waals surface area contributed by atoms with Gasteiger partial charge in [0.2, 0.25) is 0 Å². The van der Waals surface area contributed by atoms with Gasteiger partial charge in [0.25, 0.3) is 5.91 Å². The highest BCUT2D eigenvalue weighted by Gasteiger charge is 2.52. The zero-order valence-electron chi connectivity index (χ0n) is 12.7. The Balaban J connectivity index is 1.67. The maximum Gasteiger partial charge on any atom is 0.335 e. The molecule has 0 unspecified atom stereocenters. The molecule has 1 N–H and O–H groups in total. The molecule has 2 aliphatic rings. The molecule has 1 aromatic carbocycles. The van der Waals surface area contributed by atoms with Crippen LogP contribution in [0.15, 0.2) is 24.3 Å². The lowest BCUT2D eigenvalue weighted by Crippen LogP contribution is -2.45. The van der Waals surface area contributed by atoms with Crippen LogP contribution in [0.2, 0.25) is 0 Å². The summed E-state index contributed by atoms with van der Waals surface area (Å²) in [6.07, 6.45) is 3.22. The van der Waals surface area contributed by atoms with Gasteiger partial charge in [-0.25, -0.2) is 4.79 Å². The van der Waals surface area contributed by atoms with Crippen molar-refractivity contribution in [2.75, 3.05) is 20.2 Å². The summed E-state index contributed by atoms with van der Waals surface area (Å²) in [5, 5.41) is 9.30. The van der Waals surface area contributed by atoms with Crippen molar-refractivity contribution in [2.45, 2.75) is 37.2 Å². The second-order valence-electron chi connectivity index (χ2n) is 6.16. The van der Waals surface area contributed by atoms with E-state index in [-0.39, 0.29) is 11.8 Å². The van der Waals surface area contributed by atoms with Crippen molar-refractivity contribution in [1.29, 1.82) is 0 Å². The van der Waals surface area contributed by atoms with E-state index in [2.05, 4.69) is 0 Å². The van der Waals surface area contributed by atoms with Gasteiger partial charge in [-0.1, -0.05) is 18.2 Å². The number of likely N-dealkylation sites (tertiary alicyclic amines) is 1. The largest absolute Gasteiger partial charge is 0.478 e. The van der Waals surface area contributed by atoms with Crippen LogP contribution in [0.1, 0.15) is 47.5 Å². The highest BCUT2D eigenvalue weighted by atomic mass is 16.5. The topological polar surface area (TPSA) is 66.8 Å². The van der Waals surface area contributed by atoms with E-state index in [9.17, 15) is 14.7 Å². The number of methoxy groups -OCH3 is 1. The number of hydrogen-bond acceptors (Lipinski definition) is 3. The number of carboxylic acid groups (broad SMARTS) is 1. The van der Waals surface area contributed by atoms with Crippen molar-refractivity contribution in [3.63, 3.8) is 0 Å². The molecular formula is C17H21NO4. The second-order valence-corrected chi connectivity index (χ2v) is 6.16. The molecule has 5 heteroatoms. The zero-order valence-corrected chi connectivity index (χ0v) is 12.7. The molecule has 118 valence electrons. The molecule has 0 bridgehead atoms. The van der Waals surface area contributed by atoms with Gasteiger partial charge in [0.05, 0.1) is 5.56 Å². The lowest BCUT2D eigenvalue weighted by Gasteiger charge is -2.34. The number of piperidine rings is 1. The molecule has 1 heterocycles. The highest BCUT2D eigenvalue weighted by molar-refractivity contribution is 5.90. The molecule has 1 amide bonds. The molecule has 2 fully saturated rings. The fourth-order valence-electron chi connectivity index (χ4n) is 3.35. The number of carboxylic acids is 1. The maximum absolute atomic E-state index is 12.4. The minimum Gasteiger partial charge on any atom is -0.478 e. The maximum atomic E-state index is 12.4. The lowest BCUT2D eigenvalue weighted by atomic mass is 9.86. The number of hydrogen-bond donors (Lipinski definition) is 1. The summed E-state index contributed by atoms with van der Waals surface area (Å²) in [5.74, 6) is -0.584. The van der Waals surface area contributed by atoms with Crippen LogP contribution in [-0.2, 0) is 9.53 Å². The molecule has 3 rings (SSSR count). The number of ether oxygens (including phenoxy) is 1. The summed E-state index contributed by atoms with van der Waals surface area (Å²) < 4.78 is 5.36. The first-order valence-corrected chi connectivity index (χ1v) is 7.74. The Morgan fingerprint density at radius 1 is 1.23 bits per heavy atom. The summed E-state index contributed by atoms with van der Waals surface area (Å²) in [4.78, 5) is 25.6. The Hall–Kier alpha value is -1.88. The van der Waals surface area contributed by atoms with Crippen molar-refractivity contribution in [1.82, 2.24) is 4.90 Å². The van der Waals surface area contributed by atoms with Crippen LogP contribution in [0.4, 0.5) is 0 Å². The van der Waals surface area contributed by atoms with Crippen molar-refractivity contribution >= 4 is 11.9 Å². The summed E-state index contributed by atoms with van der Waals surface area (Å²) in [6, 6.07) is 7.17. The van der Waals surface area contributed by atoms with E-state index in [1.807, 2.05) is 17.0 Å². The van der Waals surface area contributed by atoms with Gasteiger partial charge >= 0.3 is 5.97 Å². The Morgan fingerprint density at radius 3 is 2.41 bits per heavy atom. The van der Waals surface area contributed by atoms with Gasteiger partial charge in [0.15, 0.2) is 0 Å². The molecule has 0 spiro atoms. The molecule has 1 saturated heterocycles. The number of nitrogens with zero attached hydrogens (tertiary/aromatic N) is 1. The number of amides is 1. The number of aromatic carboxylic acids is 1. The first kappa shape index (κ1) is 15.0. The van der Waals surface area contributed by atoms with Crippen LogP contribution in [-0.4, -0.2) is 47.7 Å². The van der Waals surface area contributed by atoms with Crippen LogP contribution >= 0.6 is 0 Å². The summed E-state index contributed by atoms with van der Waals surface area (Å²) in [6.45, 7) is 1.34. The van der Waals surface area contributed by atoms with E-state index in [1.54, 1.807) is 19.2 Å². The molecular weight excluding hydrogens is 282 g/mol. The quantitative estimate of drug-likeness (QED) is 0.926. The van der Waals surface area contributed by atoms with Crippen LogP contribution in [0.25, 0.3) is 0 Å². The average molecular weight is 303 g/mol. The van der Waals surface area contributed by atoms with Gasteiger partial charge in [-0.3, -0.25) is 4.79 Å². The van der Waals surface area contributed by atoms with Gasteiger partial charge in [-0.2, -0.15) is 0 Å². The number of carbonyl (C=O) groups excluding carboxylic acids is 1. The van der Waals surface area contributed by atoms with Gasteiger partial charge in [-0.15, -0.1) is 0 Å². The monoisotopic (exact) mass is 303 g/mol. The van der Waals surface area contributed by atoms with E-state index in [0.29, 0.717) is 18.7 Å². The van der Waals surface area contributed by atoms with Crippen molar-refractivity contribution < 1.29 is 19.4 Å². The normalized spacial score (nSPS) is 20.7. The Bertz CT molecular complexity index is 586. The first-order valence-electron chi connectivity index (χ1n) is 7.74. The van der Waals surface area contributed by atoms with Gasteiger partial charge in [0, 0.05) is 20.2 Å². The minimum atomic E-state index is -0.884. The van der Waals surface area contributed by atoms with Crippen LogP contribution in [0.3, 0.4) is 0 Å². The predicted octanol–water partition coefficient (Wildman–Crippen LogP) is 2.27. The third kappa shape index (κ3) is 2.61. The minimum absolute atomic E-state index is 0.0972. The van der Waals surface area contributed by atoms with Crippen molar-refractivity contribution in [2.24, 2.45) is 0 Å². The third-order valence-corrected chi connectivity index (χ3v) is 4.90. The van der Waals surface area contributed by atoms with E-state index >= 15 is 0 Å². The Labute approximate surface area is 129 Å². The Kier molecular flexibility index (Phi) is 3.91. The van der Waals surface area contributed by atoms with Crippen LogP contribution < -0.4 is 0 Å². The zero-order chi connectivity index (χ0) is 15.7. The molecule has 0 atom stereocenters. The molecule has 0 aromatic heterocycles. The van der Waals surface area contributed by atoms with E-state index in [0.717, 1.165) is 31.2 Å². The molecule has 0 radical (unpaired) electrons. The standard InChI is InChI=1S/C17H21NO4/c1-22-17(8-9-17)16(21)18-10-6-12(7-11-18)13-4-2-3-5-14(13)15(19)20/h2-5,12H,6-11H2,1H3,(H,19,20). The van der Waals surface area contributed by atoms with E-state index in [4.69, 9.17) is 4.74 Å². The lowest BCUT2D eigenvalue weighted by molar-refractivity contribution is -0.145. The molecule has 22 heavy (non-hydrogen) atoms. The summed E-state index contributed by atoms with van der Waals surface area (Å²) >= 11 is 0. The number of benzene rings is 1. The van der Waals surface area contributed by atoms with Crippen LogP contribution in [0.5, 0.6) is 0 Å². The highest BCUT2D eigenvalue weighted by Crippen LogP contribution is 2.42. The van der Waals surface area contributed by atoms with Crippen LogP contribution in [0, 0.1) is 0 Å². The first-order chi connectivity index (χ1) is 10.6. The van der Waals surface area contributed by atoms with Crippen molar-refractivity contribution in [3.8, 4) is 0 Å². The molecule has 1 aliphatic heterocycles. The molecule has 5 nitrogen and oxygen atoms in total. The summed E-state index contributed by atoms with van der Waals surface area (Å²) in [5.41, 5.74) is 0.698. The number of rotatable bonds is 4. The third-order valence-electron chi connectivity index (χ3n) is 4.90. The second kappa shape index (κ2) is 5.72. The molecule has 1 saturated carbocycles. The molecule has 1 aromatic rings. The predicted molar refractivity (Wildman–Crippen MR) is 80.9 cm³/mol. The molecule has 1 aliphatic carbocycles. The fraction of sp³-hybridized carbons (Fsp3) is 0.529. The van der Waals surface area contributed by atoms with Gasteiger partial charge in [0.1, 0.15) is 5.60 Å². The number of carbonyl (C=O) groups is 2. The van der Waals surface area contributed by atoms with Crippen molar-refractivity contribution in [3.05, 3.63) is 35.4 Å². The van der Waals surface area contributed by atoms with Gasteiger partial charge < -0.3 is 14.7 Å². The Morgan fingerprint density at radius 2 is 1.86 bits per heavy atom. The van der Waals surface area contributed by atoms with E-state index < -0.39 is 11.6 Å². The van der Waals surface area contributed by atoms with E-state index in [1.165, 1.54) is 0 Å². The average Bonchev–Trinajstić information content (AvgIpc) is 3.35. The SMILES string of the molecule is COC1(C(=O)N2CCC(c3ccccc3C(=O)O)CC2)CC1.